The minimum absolute atomic E-state index is 0.0235. The Morgan fingerprint density at radius 3 is 2.50 bits per heavy atom. The van der Waals surface area contributed by atoms with Crippen LogP contribution in [0.5, 0.6) is 0 Å². The van der Waals surface area contributed by atoms with Crippen molar-refractivity contribution in [3.8, 4) is 0 Å². The number of sulfone groups is 1. The first kappa shape index (κ1) is 17.7. The van der Waals surface area contributed by atoms with Crippen molar-refractivity contribution in [1.29, 1.82) is 0 Å². The number of aromatic amines is 1. The van der Waals surface area contributed by atoms with Crippen molar-refractivity contribution in [2.45, 2.75) is 10.6 Å². The van der Waals surface area contributed by atoms with Gasteiger partial charge in [0.2, 0.25) is 0 Å². The summed E-state index contributed by atoms with van der Waals surface area (Å²) in [7, 11) is -3.92. The molecule has 3 nitrogen and oxygen atoms in total. The molecular formula is C15H8BrCl2F2NO2S. The predicted molar refractivity (Wildman–Crippen MR) is 93.3 cm³/mol. The molecule has 0 spiro atoms. The van der Waals surface area contributed by atoms with Crippen LogP contribution in [0, 0.1) is 11.6 Å². The zero-order valence-corrected chi connectivity index (χ0v) is 15.6. The van der Waals surface area contributed by atoms with E-state index in [1.54, 1.807) is 12.1 Å². The molecule has 2 aromatic carbocycles. The van der Waals surface area contributed by atoms with E-state index in [0.717, 1.165) is 12.1 Å². The van der Waals surface area contributed by atoms with Gasteiger partial charge in [-0.05, 0) is 40.2 Å². The molecule has 0 fully saturated rings. The van der Waals surface area contributed by atoms with Crippen LogP contribution in [-0.4, -0.2) is 13.4 Å². The summed E-state index contributed by atoms with van der Waals surface area (Å²) in [5.74, 6) is -2.45. The lowest BCUT2D eigenvalue weighted by atomic mass is 10.2. The minimum Gasteiger partial charge on any atom is -0.359 e. The van der Waals surface area contributed by atoms with Gasteiger partial charge in [-0.2, -0.15) is 0 Å². The normalized spacial score (nSPS) is 12.0. The van der Waals surface area contributed by atoms with Crippen LogP contribution in [0.4, 0.5) is 8.78 Å². The van der Waals surface area contributed by atoms with Crippen LogP contribution in [0.2, 0.25) is 10.0 Å². The number of hydrogen-bond donors (Lipinski definition) is 1. The highest BCUT2D eigenvalue weighted by molar-refractivity contribution is 9.10. The lowest BCUT2D eigenvalue weighted by Gasteiger charge is -2.06. The molecule has 126 valence electrons. The number of fused-ring (bicyclic) bond motifs is 1. The maximum absolute atomic E-state index is 13.9. The molecule has 1 heterocycles. The Morgan fingerprint density at radius 1 is 1.08 bits per heavy atom. The number of H-pyrrole nitrogens is 1. The van der Waals surface area contributed by atoms with Gasteiger partial charge in [0.1, 0.15) is 11.6 Å². The molecule has 1 aromatic heterocycles. The smallest absolute Gasteiger partial charge is 0.184 e. The number of rotatable bonds is 3. The van der Waals surface area contributed by atoms with Gasteiger partial charge in [-0.25, -0.2) is 17.2 Å². The molecule has 0 aliphatic carbocycles. The summed E-state index contributed by atoms with van der Waals surface area (Å²) in [4.78, 5) is 2.80. The van der Waals surface area contributed by atoms with Crippen molar-refractivity contribution in [2.75, 3.05) is 0 Å². The van der Waals surface area contributed by atoms with E-state index in [4.69, 9.17) is 23.2 Å². The van der Waals surface area contributed by atoms with E-state index in [9.17, 15) is 17.2 Å². The molecule has 0 unspecified atom stereocenters. The molecule has 0 saturated heterocycles. The van der Waals surface area contributed by atoms with Crippen LogP contribution in [-0.2, 0) is 15.6 Å². The SMILES string of the molecule is O=S(=O)(Cc1cc(F)c(Cl)cc1F)c1c[nH]c2c(Br)c(Cl)ccc12. The first-order valence-electron chi connectivity index (χ1n) is 6.52. The fourth-order valence-electron chi connectivity index (χ4n) is 2.33. The number of hydrogen-bond acceptors (Lipinski definition) is 2. The molecule has 0 bridgehead atoms. The standard InChI is InChI=1S/C15H8BrCl2F2NO2S/c16-14-9(17)2-1-8-13(5-21-15(8)14)24(22,23)6-7-3-12(20)10(18)4-11(7)19/h1-5,21H,6H2. The van der Waals surface area contributed by atoms with Crippen molar-refractivity contribution < 1.29 is 17.2 Å². The fraction of sp³-hybridized carbons (Fsp3) is 0.0667. The average molecular weight is 455 g/mol. The maximum atomic E-state index is 13.9. The van der Waals surface area contributed by atoms with Crippen LogP contribution in [0.25, 0.3) is 10.9 Å². The number of aromatic nitrogens is 1. The van der Waals surface area contributed by atoms with Gasteiger partial charge >= 0.3 is 0 Å². The Balaban J connectivity index is 2.09. The van der Waals surface area contributed by atoms with Crippen molar-refractivity contribution in [1.82, 2.24) is 4.98 Å². The van der Waals surface area contributed by atoms with Crippen molar-refractivity contribution in [2.24, 2.45) is 0 Å². The number of benzene rings is 2. The third-order valence-electron chi connectivity index (χ3n) is 3.48. The molecule has 0 aliphatic heterocycles. The number of nitrogens with one attached hydrogen (secondary N) is 1. The highest BCUT2D eigenvalue weighted by Crippen LogP contribution is 2.35. The Bertz CT molecular complexity index is 1070. The summed E-state index contributed by atoms with van der Waals surface area (Å²) in [6.45, 7) is 0. The summed E-state index contributed by atoms with van der Waals surface area (Å²) in [6.07, 6.45) is 1.30. The van der Waals surface area contributed by atoms with Gasteiger partial charge in [-0.1, -0.05) is 23.2 Å². The van der Waals surface area contributed by atoms with Crippen molar-refractivity contribution in [3.63, 3.8) is 0 Å². The van der Waals surface area contributed by atoms with Crippen molar-refractivity contribution in [3.05, 3.63) is 62.2 Å². The Hall–Kier alpha value is -1.15. The largest absolute Gasteiger partial charge is 0.359 e. The average Bonchev–Trinajstić information content (AvgIpc) is 2.94. The molecule has 1 N–H and O–H groups in total. The van der Waals surface area contributed by atoms with Crippen LogP contribution < -0.4 is 0 Å². The van der Waals surface area contributed by atoms with E-state index in [2.05, 4.69) is 20.9 Å². The van der Waals surface area contributed by atoms with E-state index in [0.29, 0.717) is 20.4 Å². The second kappa shape index (κ2) is 6.29. The lowest BCUT2D eigenvalue weighted by molar-refractivity contribution is 0.579. The lowest BCUT2D eigenvalue weighted by Crippen LogP contribution is -2.06. The molecule has 0 amide bonds. The highest BCUT2D eigenvalue weighted by Gasteiger charge is 2.23. The second-order valence-electron chi connectivity index (χ2n) is 5.05. The predicted octanol–water partition coefficient (Wildman–Crippen LogP) is 5.49. The van der Waals surface area contributed by atoms with E-state index in [-0.39, 0.29) is 10.5 Å². The van der Waals surface area contributed by atoms with E-state index in [1.807, 2.05) is 0 Å². The summed E-state index contributed by atoms with van der Waals surface area (Å²) in [6, 6.07) is 4.64. The third kappa shape index (κ3) is 3.06. The Labute approximate surface area is 154 Å². The molecule has 3 rings (SSSR count). The molecule has 9 heteroatoms. The van der Waals surface area contributed by atoms with Gasteiger partial charge in [-0.3, -0.25) is 0 Å². The molecule has 0 atom stereocenters. The third-order valence-corrected chi connectivity index (χ3v) is 6.83. The van der Waals surface area contributed by atoms with Gasteiger partial charge < -0.3 is 4.98 Å². The van der Waals surface area contributed by atoms with Crippen LogP contribution in [0.15, 0.2) is 39.8 Å². The second-order valence-corrected chi connectivity index (χ2v) is 8.62. The van der Waals surface area contributed by atoms with Gasteiger partial charge in [0, 0.05) is 17.1 Å². The van der Waals surface area contributed by atoms with Gasteiger partial charge in [-0.15, -0.1) is 0 Å². The van der Waals surface area contributed by atoms with Gasteiger partial charge in [0.25, 0.3) is 0 Å². The maximum Gasteiger partial charge on any atom is 0.184 e. The van der Waals surface area contributed by atoms with E-state index >= 15 is 0 Å². The first-order chi connectivity index (χ1) is 11.2. The highest BCUT2D eigenvalue weighted by atomic mass is 79.9. The molecule has 0 saturated carbocycles. The van der Waals surface area contributed by atoms with Crippen LogP contribution in [0.1, 0.15) is 5.56 Å². The van der Waals surface area contributed by atoms with Gasteiger partial charge in [0.05, 0.1) is 30.7 Å². The van der Waals surface area contributed by atoms with Gasteiger partial charge in [0.15, 0.2) is 9.84 Å². The monoisotopic (exact) mass is 453 g/mol. The summed E-state index contributed by atoms with van der Waals surface area (Å²) >= 11 is 14.7. The quantitative estimate of drug-likeness (QED) is 0.532. The summed E-state index contributed by atoms with van der Waals surface area (Å²) < 4.78 is 53.2. The summed E-state index contributed by atoms with van der Waals surface area (Å²) in [5.41, 5.74) is 0.211. The first-order valence-corrected chi connectivity index (χ1v) is 9.72. The molecule has 0 aliphatic rings. The van der Waals surface area contributed by atoms with Crippen LogP contribution in [0.3, 0.4) is 0 Å². The summed E-state index contributed by atoms with van der Waals surface area (Å²) in [5, 5.41) is 0.416. The molecule has 24 heavy (non-hydrogen) atoms. The number of halogens is 5. The zero-order valence-electron chi connectivity index (χ0n) is 11.7. The molecule has 0 radical (unpaired) electrons. The van der Waals surface area contributed by atoms with Crippen molar-refractivity contribution >= 4 is 59.9 Å². The zero-order chi connectivity index (χ0) is 17.6. The topological polar surface area (TPSA) is 49.9 Å². The van der Waals surface area contributed by atoms with E-state index < -0.39 is 32.2 Å². The molecule has 3 aromatic rings. The van der Waals surface area contributed by atoms with Crippen LogP contribution >= 0.6 is 39.1 Å². The Morgan fingerprint density at radius 2 is 1.79 bits per heavy atom. The van der Waals surface area contributed by atoms with E-state index in [1.165, 1.54) is 6.20 Å². The Kier molecular flexibility index (Phi) is 4.63. The molecular weight excluding hydrogens is 447 g/mol. The minimum atomic E-state index is -3.92. The fourth-order valence-corrected chi connectivity index (χ4v) is 4.62.